The zero-order valence-corrected chi connectivity index (χ0v) is 20.8. The molecule has 196 valence electrons. The number of aromatic nitrogens is 2. The Balaban J connectivity index is 3.03. The van der Waals surface area contributed by atoms with E-state index in [-0.39, 0.29) is 18.8 Å². The number of carbonyl (C=O) groups excluding carboxylic acids is 3. The smallest absolute Gasteiger partial charge is 0.326 e. The van der Waals surface area contributed by atoms with Crippen LogP contribution in [-0.4, -0.2) is 86.0 Å². The largest absolute Gasteiger partial charge is 0.481 e. The molecule has 0 bridgehead atoms. The summed E-state index contributed by atoms with van der Waals surface area (Å²) in [5, 5.41) is 25.4. The van der Waals surface area contributed by atoms with Gasteiger partial charge in [-0.05, 0) is 30.8 Å². The molecule has 1 aromatic heterocycles. The van der Waals surface area contributed by atoms with Gasteiger partial charge < -0.3 is 36.9 Å². The van der Waals surface area contributed by atoms with E-state index in [2.05, 4.69) is 25.9 Å². The van der Waals surface area contributed by atoms with Gasteiger partial charge in [-0.1, -0.05) is 13.8 Å². The van der Waals surface area contributed by atoms with E-state index < -0.39 is 60.2 Å². The molecule has 0 saturated heterocycles. The van der Waals surface area contributed by atoms with Crippen LogP contribution in [0.25, 0.3) is 0 Å². The fourth-order valence-electron chi connectivity index (χ4n) is 3.14. The van der Waals surface area contributed by atoms with Crippen LogP contribution in [0.2, 0.25) is 0 Å². The van der Waals surface area contributed by atoms with Crippen LogP contribution in [0.5, 0.6) is 0 Å². The van der Waals surface area contributed by atoms with Crippen molar-refractivity contribution in [2.75, 3.05) is 12.0 Å². The number of carboxylic acid groups (broad SMARTS) is 2. The van der Waals surface area contributed by atoms with Crippen LogP contribution in [0.3, 0.4) is 0 Å². The van der Waals surface area contributed by atoms with Gasteiger partial charge >= 0.3 is 11.9 Å². The van der Waals surface area contributed by atoms with Crippen LogP contribution in [0.1, 0.15) is 38.8 Å². The lowest BCUT2D eigenvalue weighted by atomic mass is 10.0. The molecule has 0 aromatic carbocycles. The van der Waals surface area contributed by atoms with Gasteiger partial charge in [-0.2, -0.15) is 11.8 Å². The molecule has 0 aliphatic carbocycles. The predicted octanol–water partition coefficient (Wildman–Crippen LogP) is -0.908. The van der Waals surface area contributed by atoms with Crippen molar-refractivity contribution in [1.29, 1.82) is 0 Å². The second-order valence-corrected chi connectivity index (χ2v) is 9.40. The second kappa shape index (κ2) is 15.0. The van der Waals surface area contributed by atoms with Gasteiger partial charge in [0, 0.05) is 18.3 Å². The highest BCUT2D eigenvalue weighted by Gasteiger charge is 2.31. The molecule has 1 heterocycles. The summed E-state index contributed by atoms with van der Waals surface area (Å²) in [5.41, 5.74) is 6.50. The van der Waals surface area contributed by atoms with Crippen molar-refractivity contribution in [3.05, 3.63) is 18.2 Å². The molecule has 0 aliphatic rings. The maximum atomic E-state index is 13.1. The molecule has 1 rings (SSSR count). The number of H-pyrrole nitrogens is 1. The fraction of sp³-hybridized carbons (Fsp3) is 0.619. The number of imidazole rings is 1. The van der Waals surface area contributed by atoms with Gasteiger partial charge in [-0.25, -0.2) is 9.78 Å². The lowest BCUT2D eigenvalue weighted by Crippen LogP contribution is -2.58. The first-order valence-electron chi connectivity index (χ1n) is 11.0. The van der Waals surface area contributed by atoms with Crippen molar-refractivity contribution in [3.63, 3.8) is 0 Å². The summed E-state index contributed by atoms with van der Waals surface area (Å²) >= 11 is 1.40. The number of carboxylic acids is 2. The summed E-state index contributed by atoms with van der Waals surface area (Å²) in [6.45, 7) is 3.82. The van der Waals surface area contributed by atoms with Crippen molar-refractivity contribution in [2.45, 2.75) is 63.7 Å². The number of hydrogen-bond donors (Lipinski definition) is 7. The van der Waals surface area contributed by atoms with Gasteiger partial charge in [0.2, 0.25) is 17.7 Å². The summed E-state index contributed by atoms with van der Waals surface area (Å²) in [4.78, 5) is 67.5. The Morgan fingerprint density at radius 2 is 1.63 bits per heavy atom. The zero-order chi connectivity index (χ0) is 26.5. The maximum absolute atomic E-state index is 13.1. The molecular weight excluding hydrogens is 480 g/mol. The lowest BCUT2D eigenvalue weighted by molar-refractivity contribution is -0.147. The summed E-state index contributed by atoms with van der Waals surface area (Å²) in [6, 6.07) is -4.76. The Morgan fingerprint density at radius 3 is 2.14 bits per heavy atom. The standard InChI is InChI=1S/C21H34N6O7S/c1-11(2)6-13(22)18(30)26-15(7-12-9-23-10-24-12)20(32)25-14(4-5-35-3)19(31)27-16(21(33)34)8-17(28)29/h9-11,13-16H,4-8,22H2,1-3H3,(H,23,24)(H,25,32)(H,26,30)(H,27,31)(H,28,29)(H,33,34). The number of aliphatic carboxylic acids is 2. The molecule has 35 heavy (non-hydrogen) atoms. The van der Waals surface area contributed by atoms with Crippen molar-refractivity contribution >= 4 is 41.4 Å². The first-order chi connectivity index (χ1) is 16.4. The number of rotatable bonds is 16. The minimum Gasteiger partial charge on any atom is -0.481 e. The van der Waals surface area contributed by atoms with E-state index >= 15 is 0 Å². The molecule has 4 unspecified atom stereocenters. The van der Waals surface area contributed by atoms with E-state index in [1.54, 1.807) is 6.26 Å². The summed E-state index contributed by atoms with van der Waals surface area (Å²) in [7, 11) is 0. The first-order valence-corrected chi connectivity index (χ1v) is 12.4. The third-order valence-corrected chi connectivity index (χ3v) is 5.55. The van der Waals surface area contributed by atoms with Gasteiger partial charge in [0.15, 0.2) is 0 Å². The molecule has 0 spiro atoms. The van der Waals surface area contributed by atoms with Gasteiger partial charge in [0.1, 0.15) is 18.1 Å². The molecule has 4 atom stereocenters. The molecule has 14 heteroatoms. The minimum atomic E-state index is -1.66. The van der Waals surface area contributed by atoms with E-state index in [0.717, 1.165) is 0 Å². The van der Waals surface area contributed by atoms with E-state index in [4.69, 9.17) is 10.8 Å². The maximum Gasteiger partial charge on any atom is 0.326 e. The summed E-state index contributed by atoms with van der Waals surface area (Å²) in [6.07, 6.45) is 4.47. The number of amides is 3. The SMILES string of the molecule is CSCCC(NC(=O)C(Cc1cnc[nH]1)NC(=O)C(N)CC(C)C)C(=O)NC(CC(=O)O)C(=O)O. The van der Waals surface area contributed by atoms with Crippen molar-refractivity contribution in [2.24, 2.45) is 11.7 Å². The molecule has 0 saturated carbocycles. The van der Waals surface area contributed by atoms with Gasteiger partial charge in [0.05, 0.1) is 18.8 Å². The van der Waals surface area contributed by atoms with Crippen molar-refractivity contribution in [1.82, 2.24) is 25.9 Å². The quantitative estimate of drug-likeness (QED) is 0.144. The second-order valence-electron chi connectivity index (χ2n) is 8.42. The third-order valence-electron chi connectivity index (χ3n) is 4.91. The number of nitrogens with one attached hydrogen (secondary N) is 4. The normalized spacial score (nSPS) is 14.4. The molecular formula is C21H34N6O7S. The van der Waals surface area contributed by atoms with Gasteiger partial charge in [-0.15, -0.1) is 0 Å². The highest BCUT2D eigenvalue weighted by Crippen LogP contribution is 2.07. The lowest BCUT2D eigenvalue weighted by Gasteiger charge is -2.25. The van der Waals surface area contributed by atoms with Crippen LogP contribution in [0.4, 0.5) is 0 Å². The van der Waals surface area contributed by atoms with E-state index in [0.29, 0.717) is 17.9 Å². The fourth-order valence-corrected chi connectivity index (χ4v) is 3.61. The van der Waals surface area contributed by atoms with Crippen LogP contribution in [0.15, 0.2) is 12.5 Å². The molecule has 0 aliphatic heterocycles. The zero-order valence-electron chi connectivity index (χ0n) is 19.9. The molecule has 3 amide bonds. The average Bonchev–Trinajstić information content (AvgIpc) is 3.27. The Bertz CT molecular complexity index is 864. The Hall–Kier alpha value is -3.13. The highest BCUT2D eigenvalue weighted by molar-refractivity contribution is 7.98. The number of carbonyl (C=O) groups is 5. The number of aromatic amines is 1. The van der Waals surface area contributed by atoms with Crippen LogP contribution in [-0.2, 0) is 30.4 Å². The average molecular weight is 515 g/mol. The third kappa shape index (κ3) is 11.2. The van der Waals surface area contributed by atoms with Crippen LogP contribution >= 0.6 is 11.8 Å². The van der Waals surface area contributed by atoms with E-state index in [1.165, 1.54) is 24.3 Å². The predicted molar refractivity (Wildman–Crippen MR) is 128 cm³/mol. The van der Waals surface area contributed by atoms with Crippen LogP contribution < -0.4 is 21.7 Å². The van der Waals surface area contributed by atoms with E-state index in [1.807, 2.05) is 13.8 Å². The van der Waals surface area contributed by atoms with Crippen molar-refractivity contribution in [3.8, 4) is 0 Å². The summed E-state index contributed by atoms with van der Waals surface area (Å²) in [5.74, 6) is -4.37. The first kappa shape index (κ1) is 29.9. The topological polar surface area (TPSA) is 217 Å². The number of nitrogens with two attached hydrogens (primary N) is 1. The number of nitrogens with zero attached hydrogens (tertiary/aromatic N) is 1. The Kier molecular flexibility index (Phi) is 12.8. The Labute approximate surface area is 207 Å². The molecule has 1 aromatic rings. The monoisotopic (exact) mass is 514 g/mol. The summed E-state index contributed by atoms with van der Waals surface area (Å²) < 4.78 is 0. The van der Waals surface area contributed by atoms with Gasteiger partial charge in [-0.3, -0.25) is 19.2 Å². The molecule has 0 radical (unpaired) electrons. The minimum absolute atomic E-state index is 0.0413. The molecule has 0 fully saturated rings. The number of hydrogen-bond acceptors (Lipinski definition) is 8. The van der Waals surface area contributed by atoms with Crippen molar-refractivity contribution < 1.29 is 34.2 Å². The van der Waals surface area contributed by atoms with Gasteiger partial charge in [0.25, 0.3) is 0 Å². The Morgan fingerprint density at radius 1 is 1.03 bits per heavy atom. The number of thioether (sulfide) groups is 1. The molecule has 8 N–H and O–H groups in total. The van der Waals surface area contributed by atoms with E-state index in [9.17, 15) is 29.1 Å². The molecule has 13 nitrogen and oxygen atoms in total. The van der Waals surface area contributed by atoms with Crippen LogP contribution in [0, 0.1) is 5.92 Å². The highest BCUT2D eigenvalue weighted by atomic mass is 32.2.